The fraction of sp³-hybridized carbons (Fsp3) is 0.158. The average Bonchev–Trinajstić information content (AvgIpc) is 3.04. The van der Waals surface area contributed by atoms with Gasteiger partial charge in [0, 0.05) is 11.9 Å². The zero-order valence-electron chi connectivity index (χ0n) is 12.8. The molecule has 0 fully saturated rings. The highest BCUT2D eigenvalue weighted by Crippen LogP contribution is 2.32. The third-order valence-electron chi connectivity index (χ3n) is 4.41. The van der Waals surface area contributed by atoms with E-state index in [1.54, 1.807) is 24.3 Å². The molecular formula is C19H15NO4. The molecule has 4 rings (SSSR count). The Morgan fingerprint density at radius 3 is 2.62 bits per heavy atom. The number of para-hydroxylation sites is 1. The first kappa shape index (κ1) is 14.5. The van der Waals surface area contributed by atoms with Crippen molar-refractivity contribution in [2.45, 2.75) is 12.5 Å². The molecule has 5 nitrogen and oxygen atoms in total. The lowest BCUT2D eigenvalue weighted by molar-refractivity contribution is -0.143. The second-order valence-corrected chi connectivity index (χ2v) is 5.84. The lowest BCUT2D eigenvalue weighted by atomic mass is 9.92. The molecule has 1 aliphatic rings. The molecule has 1 amide bonds. The van der Waals surface area contributed by atoms with Gasteiger partial charge in [-0.15, -0.1) is 0 Å². The van der Waals surface area contributed by atoms with Gasteiger partial charge in [0.2, 0.25) is 0 Å². The number of carbonyl (C=O) groups is 2. The topological polar surface area (TPSA) is 70.8 Å². The summed E-state index contributed by atoms with van der Waals surface area (Å²) in [5.74, 6) is -1.26. The quantitative estimate of drug-likeness (QED) is 0.786. The fourth-order valence-electron chi connectivity index (χ4n) is 3.28. The number of fused-ring (bicyclic) bond motifs is 2. The number of aliphatic carboxylic acids is 1. The summed E-state index contributed by atoms with van der Waals surface area (Å²) in [6.45, 7) is 0.351. The third kappa shape index (κ3) is 2.25. The Bertz CT molecular complexity index is 910. The van der Waals surface area contributed by atoms with Gasteiger partial charge in [0.1, 0.15) is 5.58 Å². The highest BCUT2D eigenvalue weighted by Gasteiger charge is 2.37. The van der Waals surface area contributed by atoms with Gasteiger partial charge in [-0.05, 0) is 29.7 Å². The summed E-state index contributed by atoms with van der Waals surface area (Å²) in [5, 5.41) is 10.5. The second kappa shape index (κ2) is 5.53. The molecule has 1 unspecified atom stereocenters. The van der Waals surface area contributed by atoms with E-state index in [1.165, 1.54) is 4.90 Å². The van der Waals surface area contributed by atoms with E-state index >= 15 is 0 Å². The van der Waals surface area contributed by atoms with E-state index in [4.69, 9.17) is 4.42 Å². The zero-order chi connectivity index (χ0) is 16.7. The molecule has 1 aliphatic heterocycles. The van der Waals surface area contributed by atoms with Gasteiger partial charge >= 0.3 is 5.97 Å². The van der Waals surface area contributed by atoms with Gasteiger partial charge in [-0.25, -0.2) is 4.79 Å². The minimum Gasteiger partial charge on any atom is -0.479 e. The van der Waals surface area contributed by atoms with Crippen LogP contribution in [0.5, 0.6) is 0 Å². The maximum absolute atomic E-state index is 12.9. The molecule has 0 saturated heterocycles. The van der Waals surface area contributed by atoms with Crippen LogP contribution in [0.2, 0.25) is 0 Å². The van der Waals surface area contributed by atoms with Crippen LogP contribution in [0.25, 0.3) is 11.0 Å². The van der Waals surface area contributed by atoms with Gasteiger partial charge in [-0.2, -0.15) is 0 Å². The first-order chi connectivity index (χ1) is 11.6. The van der Waals surface area contributed by atoms with Crippen LogP contribution in [-0.2, 0) is 11.2 Å². The minimum absolute atomic E-state index is 0.168. The van der Waals surface area contributed by atoms with Crippen LogP contribution in [0.1, 0.15) is 27.7 Å². The molecule has 0 radical (unpaired) electrons. The van der Waals surface area contributed by atoms with Gasteiger partial charge in [0.25, 0.3) is 5.91 Å². The largest absolute Gasteiger partial charge is 0.479 e. The first-order valence-corrected chi connectivity index (χ1v) is 7.75. The number of nitrogens with zero attached hydrogens (tertiary/aromatic N) is 1. The van der Waals surface area contributed by atoms with E-state index in [2.05, 4.69) is 0 Å². The summed E-state index contributed by atoms with van der Waals surface area (Å²) in [5.41, 5.74) is 2.25. The van der Waals surface area contributed by atoms with E-state index in [0.29, 0.717) is 24.1 Å². The molecule has 1 atom stereocenters. The lowest BCUT2D eigenvalue weighted by Crippen LogP contribution is -2.43. The number of carbonyl (C=O) groups excluding carboxylic acids is 1. The van der Waals surface area contributed by atoms with Gasteiger partial charge < -0.3 is 14.4 Å². The fourth-order valence-corrected chi connectivity index (χ4v) is 3.28. The Morgan fingerprint density at radius 2 is 1.83 bits per heavy atom. The van der Waals surface area contributed by atoms with E-state index in [-0.39, 0.29) is 5.76 Å². The number of amides is 1. The van der Waals surface area contributed by atoms with Crippen molar-refractivity contribution in [2.24, 2.45) is 0 Å². The zero-order valence-corrected chi connectivity index (χ0v) is 12.8. The molecule has 0 spiro atoms. The van der Waals surface area contributed by atoms with Crippen molar-refractivity contribution < 1.29 is 19.1 Å². The number of furan rings is 1. The molecule has 3 aromatic rings. The molecule has 2 aromatic carbocycles. The van der Waals surface area contributed by atoms with Crippen molar-refractivity contribution in [1.29, 1.82) is 0 Å². The van der Waals surface area contributed by atoms with Crippen molar-refractivity contribution in [3.63, 3.8) is 0 Å². The molecule has 120 valence electrons. The second-order valence-electron chi connectivity index (χ2n) is 5.84. The lowest BCUT2D eigenvalue weighted by Gasteiger charge is -2.34. The summed E-state index contributed by atoms with van der Waals surface area (Å²) in [6, 6.07) is 15.4. The monoisotopic (exact) mass is 321 g/mol. The Morgan fingerprint density at radius 1 is 1.08 bits per heavy atom. The SMILES string of the molecule is O=C(O)C1c2ccccc2CCN1C(=O)c1cc2ccccc2o1. The first-order valence-electron chi connectivity index (χ1n) is 7.75. The normalized spacial score (nSPS) is 16.8. The van der Waals surface area contributed by atoms with Crippen molar-refractivity contribution >= 4 is 22.8 Å². The van der Waals surface area contributed by atoms with Gasteiger partial charge in [0.15, 0.2) is 11.8 Å². The third-order valence-corrected chi connectivity index (χ3v) is 4.41. The molecule has 0 aliphatic carbocycles. The van der Waals surface area contributed by atoms with Crippen LogP contribution < -0.4 is 0 Å². The number of benzene rings is 2. The highest BCUT2D eigenvalue weighted by atomic mass is 16.4. The van der Waals surface area contributed by atoms with Crippen LogP contribution >= 0.6 is 0 Å². The average molecular weight is 321 g/mol. The predicted octanol–water partition coefficient (Wildman–Crippen LogP) is 3.26. The van der Waals surface area contributed by atoms with Crippen LogP contribution in [0.3, 0.4) is 0 Å². The van der Waals surface area contributed by atoms with E-state index in [0.717, 1.165) is 10.9 Å². The Kier molecular flexibility index (Phi) is 3.34. The Labute approximate surface area is 138 Å². The van der Waals surface area contributed by atoms with E-state index < -0.39 is 17.9 Å². The van der Waals surface area contributed by atoms with Crippen LogP contribution in [0.15, 0.2) is 59.0 Å². The molecule has 24 heavy (non-hydrogen) atoms. The highest BCUT2D eigenvalue weighted by molar-refractivity contribution is 5.98. The van der Waals surface area contributed by atoms with E-state index in [1.807, 2.05) is 30.3 Å². The van der Waals surface area contributed by atoms with E-state index in [9.17, 15) is 14.7 Å². The predicted molar refractivity (Wildman–Crippen MR) is 87.8 cm³/mol. The molecule has 5 heteroatoms. The standard InChI is InChI=1S/C19H15NO4/c21-18(16-11-13-6-2-4-8-15(13)24-16)20-10-9-12-5-1-3-7-14(12)17(20)19(22)23/h1-8,11,17H,9-10H2,(H,22,23). The molecular weight excluding hydrogens is 306 g/mol. The molecule has 1 N–H and O–H groups in total. The van der Waals surface area contributed by atoms with Crippen LogP contribution in [0.4, 0.5) is 0 Å². The summed E-state index contributed by atoms with van der Waals surface area (Å²) in [6.07, 6.45) is 0.631. The maximum atomic E-state index is 12.9. The minimum atomic E-state index is -1.04. The van der Waals surface area contributed by atoms with Gasteiger partial charge in [-0.1, -0.05) is 42.5 Å². The molecule has 2 heterocycles. The number of carboxylic acid groups (broad SMARTS) is 1. The maximum Gasteiger partial charge on any atom is 0.331 e. The number of hydrogen-bond acceptors (Lipinski definition) is 3. The smallest absolute Gasteiger partial charge is 0.331 e. The van der Waals surface area contributed by atoms with Crippen LogP contribution in [0, 0.1) is 0 Å². The number of carboxylic acids is 1. The number of rotatable bonds is 2. The van der Waals surface area contributed by atoms with Crippen molar-refractivity contribution in [2.75, 3.05) is 6.54 Å². The van der Waals surface area contributed by atoms with Crippen molar-refractivity contribution in [3.8, 4) is 0 Å². The van der Waals surface area contributed by atoms with Crippen molar-refractivity contribution in [1.82, 2.24) is 4.90 Å². The van der Waals surface area contributed by atoms with Gasteiger partial charge in [-0.3, -0.25) is 4.79 Å². The Balaban J connectivity index is 1.74. The number of hydrogen-bond donors (Lipinski definition) is 1. The molecule has 0 bridgehead atoms. The summed E-state index contributed by atoms with van der Waals surface area (Å²) in [4.78, 5) is 26.1. The summed E-state index contributed by atoms with van der Waals surface area (Å²) < 4.78 is 5.61. The van der Waals surface area contributed by atoms with Gasteiger partial charge in [0.05, 0.1) is 0 Å². The van der Waals surface area contributed by atoms with Crippen molar-refractivity contribution in [3.05, 3.63) is 71.5 Å². The molecule has 0 saturated carbocycles. The molecule has 1 aromatic heterocycles. The summed E-state index contributed by atoms with van der Waals surface area (Å²) in [7, 11) is 0. The summed E-state index contributed by atoms with van der Waals surface area (Å²) >= 11 is 0. The Hall–Kier alpha value is -3.08. The van der Waals surface area contributed by atoms with Crippen LogP contribution in [-0.4, -0.2) is 28.4 Å².